The van der Waals surface area contributed by atoms with Crippen LogP contribution >= 0.6 is 38.5 Å². The van der Waals surface area contributed by atoms with Crippen molar-refractivity contribution in [3.05, 3.63) is 55.2 Å². The van der Waals surface area contributed by atoms with Gasteiger partial charge in [-0.1, -0.05) is 0 Å². The van der Waals surface area contributed by atoms with E-state index in [9.17, 15) is 4.79 Å². The molecule has 0 unspecified atom stereocenters. The lowest BCUT2D eigenvalue weighted by Crippen LogP contribution is -2.05. The Hall–Kier alpha value is -2.07. The second-order valence-electron chi connectivity index (χ2n) is 5.42. The number of hydrogen-bond acceptors (Lipinski definition) is 6. The second kappa shape index (κ2) is 8.30. The van der Waals surface area contributed by atoms with Gasteiger partial charge in [0.2, 0.25) is 11.6 Å². The summed E-state index contributed by atoms with van der Waals surface area (Å²) in [5, 5.41) is 0. The molecule has 0 spiro atoms. The maximum atomic E-state index is 12.2. The van der Waals surface area contributed by atoms with Gasteiger partial charge < -0.3 is 18.9 Å². The molecule has 0 aromatic heterocycles. The summed E-state index contributed by atoms with van der Waals surface area (Å²) in [6.45, 7) is 0. The molecule has 0 aliphatic carbocycles. The molecule has 8 heteroatoms. The van der Waals surface area contributed by atoms with Crippen molar-refractivity contribution >= 4 is 56.5 Å². The smallest absolute Gasteiger partial charge is 0.363 e. The normalized spacial score (nSPS) is 14.8. The van der Waals surface area contributed by atoms with Gasteiger partial charge in [-0.2, -0.15) is 0 Å². The van der Waals surface area contributed by atoms with Gasteiger partial charge in [0.1, 0.15) is 0 Å². The number of carbonyl (C=O) groups excluding carboxylic acids is 1. The van der Waals surface area contributed by atoms with Gasteiger partial charge in [-0.05, 0) is 80.5 Å². The van der Waals surface area contributed by atoms with Crippen LogP contribution in [0.4, 0.5) is 0 Å². The Bertz CT molecular complexity index is 946. The van der Waals surface area contributed by atoms with E-state index in [2.05, 4.69) is 43.5 Å². The molecular formula is C19H15BrINO5. The fourth-order valence-corrected chi connectivity index (χ4v) is 3.22. The van der Waals surface area contributed by atoms with Gasteiger partial charge in [0.15, 0.2) is 17.2 Å². The largest absolute Gasteiger partial charge is 0.493 e. The summed E-state index contributed by atoms with van der Waals surface area (Å²) in [4.78, 5) is 16.6. The van der Waals surface area contributed by atoms with E-state index < -0.39 is 5.97 Å². The number of rotatable bonds is 5. The van der Waals surface area contributed by atoms with Gasteiger partial charge in [-0.3, -0.25) is 0 Å². The van der Waals surface area contributed by atoms with Gasteiger partial charge >= 0.3 is 5.97 Å². The van der Waals surface area contributed by atoms with Crippen molar-refractivity contribution in [2.45, 2.75) is 0 Å². The van der Waals surface area contributed by atoms with Gasteiger partial charge in [-0.25, -0.2) is 9.79 Å². The van der Waals surface area contributed by atoms with Crippen LogP contribution in [0, 0.1) is 3.57 Å². The molecule has 0 N–H and O–H groups in total. The Morgan fingerprint density at radius 1 is 1.07 bits per heavy atom. The lowest BCUT2D eigenvalue weighted by atomic mass is 10.1. The molecule has 0 radical (unpaired) electrons. The van der Waals surface area contributed by atoms with E-state index in [1.807, 2.05) is 18.2 Å². The molecule has 27 heavy (non-hydrogen) atoms. The number of aliphatic imine (C=N–C) groups is 1. The van der Waals surface area contributed by atoms with E-state index in [4.69, 9.17) is 18.9 Å². The number of methoxy groups -OCH3 is 3. The fourth-order valence-electron chi connectivity index (χ4n) is 2.50. The van der Waals surface area contributed by atoms with Crippen LogP contribution in [-0.2, 0) is 9.53 Å². The van der Waals surface area contributed by atoms with E-state index in [1.54, 1.807) is 18.2 Å². The topological polar surface area (TPSA) is 66.4 Å². The van der Waals surface area contributed by atoms with Gasteiger partial charge in [0.05, 0.1) is 21.3 Å². The first-order valence-electron chi connectivity index (χ1n) is 7.74. The van der Waals surface area contributed by atoms with Crippen molar-refractivity contribution in [3.8, 4) is 17.2 Å². The first kappa shape index (κ1) is 19.7. The number of carbonyl (C=O) groups is 1. The molecule has 0 atom stereocenters. The Balaban J connectivity index is 2.00. The third kappa shape index (κ3) is 4.11. The first-order valence-corrected chi connectivity index (χ1v) is 9.62. The van der Waals surface area contributed by atoms with Crippen LogP contribution in [-0.4, -0.2) is 33.2 Å². The maximum absolute atomic E-state index is 12.2. The minimum Gasteiger partial charge on any atom is -0.493 e. The SMILES string of the molecule is COc1cc(/C=C2\N=C(c3ccc(I)c(Br)c3)OC2=O)cc(OC)c1OC. The van der Waals surface area contributed by atoms with Crippen LogP contribution in [0.25, 0.3) is 6.08 Å². The number of nitrogens with zero attached hydrogens (tertiary/aromatic N) is 1. The quantitative estimate of drug-likeness (QED) is 0.317. The van der Waals surface area contributed by atoms with Gasteiger partial charge in [0, 0.05) is 13.6 Å². The van der Waals surface area contributed by atoms with E-state index in [0.717, 1.165) is 8.04 Å². The Morgan fingerprint density at radius 2 is 1.74 bits per heavy atom. The Kier molecular flexibility index (Phi) is 6.05. The van der Waals surface area contributed by atoms with Gasteiger partial charge in [-0.15, -0.1) is 0 Å². The van der Waals surface area contributed by atoms with Crippen molar-refractivity contribution in [3.63, 3.8) is 0 Å². The number of benzene rings is 2. The average molecular weight is 544 g/mol. The fraction of sp³-hybridized carbons (Fsp3) is 0.158. The highest BCUT2D eigenvalue weighted by molar-refractivity contribution is 14.1. The molecule has 0 bridgehead atoms. The summed E-state index contributed by atoms with van der Waals surface area (Å²) in [6.07, 6.45) is 1.61. The van der Waals surface area contributed by atoms with Crippen LogP contribution in [0.5, 0.6) is 17.2 Å². The van der Waals surface area contributed by atoms with Crippen LogP contribution in [0.2, 0.25) is 0 Å². The monoisotopic (exact) mass is 543 g/mol. The van der Waals surface area contributed by atoms with Crippen LogP contribution in [0.3, 0.4) is 0 Å². The molecule has 0 saturated carbocycles. The van der Waals surface area contributed by atoms with Crippen LogP contribution in [0.15, 0.2) is 45.5 Å². The standard InChI is InChI=1S/C19H15BrINO5/c1-24-15-7-10(8-16(25-2)17(15)26-3)6-14-19(23)27-18(22-14)11-4-5-13(21)12(20)9-11/h4-9H,1-3H3/b14-6-. The molecule has 1 heterocycles. The highest BCUT2D eigenvalue weighted by Gasteiger charge is 2.25. The second-order valence-corrected chi connectivity index (χ2v) is 7.44. The molecule has 0 saturated heterocycles. The van der Waals surface area contributed by atoms with Crippen LogP contribution < -0.4 is 14.2 Å². The summed E-state index contributed by atoms with van der Waals surface area (Å²) in [7, 11) is 4.59. The summed E-state index contributed by atoms with van der Waals surface area (Å²) in [5.74, 6) is 1.19. The number of ether oxygens (including phenoxy) is 4. The zero-order valence-corrected chi connectivity index (χ0v) is 18.5. The van der Waals surface area contributed by atoms with Crippen molar-refractivity contribution in [1.82, 2.24) is 0 Å². The molecule has 0 amide bonds. The highest BCUT2D eigenvalue weighted by atomic mass is 127. The number of halogens is 2. The van der Waals surface area contributed by atoms with Crippen molar-refractivity contribution in [2.75, 3.05) is 21.3 Å². The predicted molar refractivity (Wildman–Crippen MR) is 114 cm³/mol. The molecule has 2 aromatic carbocycles. The third-order valence-electron chi connectivity index (χ3n) is 3.78. The molecule has 2 aromatic rings. The lowest BCUT2D eigenvalue weighted by Gasteiger charge is -2.12. The number of esters is 1. The molecule has 6 nitrogen and oxygen atoms in total. The Morgan fingerprint density at radius 3 is 2.30 bits per heavy atom. The third-order valence-corrected chi connectivity index (χ3v) is 6.12. The molecule has 3 rings (SSSR count). The zero-order valence-electron chi connectivity index (χ0n) is 14.7. The van der Waals surface area contributed by atoms with Crippen molar-refractivity contribution in [1.29, 1.82) is 0 Å². The minimum atomic E-state index is -0.520. The number of hydrogen-bond donors (Lipinski definition) is 0. The zero-order chi connectivity index (χ0) is 19.6. The van der Waals surface area contributed by atoms with Crippen LogP contribution in [0.1, 0.15) is 11.1 Å². The van der Waals surface area contributed by atoms with E-state index in [-0.39, 0.29) is 11.6 Å². The molecular weight excluding hydrogens is 529 g/mol. The molecule has 0 fully saturated rings. The maximum Gasteiger partial charge on any atom is 0.363 e. The van der Waals surface area contributed by atoms with Crippen molar-refractivity contribution < 1.29 is 23.7 Å². The Labute approximate surface area is 178 Å². The molecule has 1 aliphatic heterocycles. The summed E-state index contributed by atoms with van der Waals surface area (Å²) >= 11 is 5.67. The number of cyclic esters (lactones) is 1. The predicted octanol–water partition coefficient (Wildman–Crippen LogP) is 4.42. The van der Waals surface area contributed by atoms with E-state index >= 15 is 0 Å². The molecule has 140 valence electrons. The first-order chi connectivity index (χ1) is 13.0. The van der Waals surface area contributed by atoms with E-state index in [1.165, 1.54) is 21.3 Å². The van der Waals surface area contributed by atoms with Crippen molar-refractivity contribution in [2.24, 2.45) is 4.99 Å². The van der Waals surface area contributed by atoms with Gasteiger partial charge in [0.25, 0.3) is 0 Å². The summed E-state index contributed by atoms with van der Waals surface area (Å²) in [6, 6.07) is 9.09. The summed E-state index contributed by atoms with van der Waals surface area (Å²) < 4.78 is 23.2. The highest BCUT2D eigenvalue weighted by Crippen LogP contribution is 2.39. The van der Waals surface area contributed by atoms with E-state index in [0.29, 0.717) is 28.4 Å². The summed E-state index contributed by atoms with van der Waals surface area (Å²) in [5.41, 5.74) is 1.57. The molecule has 1 aliphatic rings. The average Bonchev–Trinajstić information content (AvgIpc) is 3.03. The minimum absolute atomic E-state index is 0.189. The lowest BCUT2D eigenvalue weighted by molar-refractivity contribution is -0.129.